The topological polar surface area (TPSA) is 65.2 Å². The molecule has 0 aromatic heterocycles. The van der Waals surface area contributed by atoms with Gasteiger partial charge in [0.1, 0.15) is 23.6 Å². The molecule has 0 saturated heterocycles. The minimum atomic E-state index is -0.544. The van der Waals surface area contributed by atoms with E-state index in [0.29, 0.717) is 11.1 Å². The molecule has 0 radical (unpaired) electrons. The zero-order valence-electron chi connectivity index (χ0n) is 47.3. The molecule has 0 aliphatic heterocycles. The first-order valence-electron chi connectivity index (χ1n) is 26.2. The first-order valence-corrected chi connectivity index (χ1v) is 26.2. The Kier molecular flexibility index (Phi) is 15.0. The van der Waals surface area contributed by atoms with Crippen molar-refractivity contribution in [3.05, 3.63) is 219 Å². The van der Waals surface area contributed by atoms with E-state index in [4.69, 9.17) is 9.98 Å². The molecule has 0 aliphatic carbocycles. The van der Waals surface area contributed by atoms with Gasteiger partial charge in [-0.3, -0.25) is 9.98 Å². The molecule has 0 amide bonds. The minimum Gasteiger partial charge on any atom is -0.507 e. The number of phenols is 2. The van der Waals surface area contributed by atoms with Gasteiger partial charge in [-0.25, -0.2) is 0 Å². The summed E-state index contributed by atoms with van der Waals surface area (Å²) in [5, 5.41) is 25.4. The van der Waals surface area contributed by atoms with Gasteiger partial charge < -0.3 is 10.2 Å². The predicted octanol–water partition coefficient (Wildman–Crippen LogP) is 18.3. The van der Waals surface area contributed by atoms with Crippen molar-refractivity contribution < 1.29 is 10.2 Å². The van der Waals surface area contributed by atoms with E-state index in [-0.39, 0.29) is 11.5 Å². The predicted molar refractivity (Wildman–Crippen MR) is 317 cm³/mol. The van der Waals surface area contributed by atoms with Gasteiger partial charge in [0.05, 0.1) is 0 Å². The number of nitrogens with zero attached hydrogens (tertiary/aromatic N) is 2. The van der Waals surface area contributed by atoms with Crippen molar-refractivity contribution in [3.8, 4) is 56.0 Å². The molecular weight excluding hydrogens is 901 g/mol. The van der Waals surface area contributed by atoms with Crippen molar-refractivity contribution in [1.82, 2.24) is 0 Å². The normalized spacial score (nSPS) is 12.6. The van der Waals surface area contributed by atoms with Gasteiger partial charge in [-0.05, 0) is 260 Å². The SMILES string of the molecule is Cc1cc(C)c(-c2cc(C=N[C@H](c3c(C)cc(C)cc3C)[C@H](N=Cc3cc(-c4c(C)cc(C)cc4C)cc(-c4c(C)cc(C)cc4C)c3O)c3c(C)cc(C)cc3C)c(O)c(-c3c(C)cc(C)cc3C)c2)c(C)c1. The second kappa shape index (κ2) is 20.9. The molecule has 4 heteroatoms. The molecule has 0 heterocycles. The molecule has 8 aromatic rings. The first kappa shape index (κ1) is 53.0. The molecule has 0 saturated carbocycles. The number of benzene rings is 8. The number of phenolic OH excluding ortho intramolecular Hbond substituents is 2. The molecule has 2 atom stereocenters. The van der Waals surface area contributed by atoms with Gasteiger partial charge in [0, 0.05) is 34.7 Å². The summed E-state index contributed by atoms with van der Waals surface area (Å²) in [6.45, 7) is 38.8. The van der Waals surface area contributed by atoms with E-state index < -0.39 is 12.1 Å². The Morgan fingerprint density at radius 2 is 0.500 bits per heavy atom. The standard InChI is InChI=1S/C70H76N2O2/c1-37-19-43(7)61(44(8)20-37)55-31-57(69(73)59(33-55)63-47(11)23-39(3)24-48(63)12)35-71-67(65-51(15)27-41(5)28-52(65)16)68(66-53(17)29-42(6)30-54(66)18)72-36-58-32-56(62-45(9)21-38(2)22-46(62)10)34-60(70(58)74)64-49(13)25-40(4)26-50(64)14/h19-36,67-68,73-74H,1-18H3/t67-,68-/m1/s1. The molecule has 0 fully saturated rings. The zero-order chi connectivity index (χ0) is 53.8. The lowest BCUT2D eigenvalue weighted by atomic mass is 9.84. The maximum absolute atomic E-state index is 12.7. The maximum atomic E-state index is 12.7. The number of hydrogen-bond donors (Lipinski definition) is 2. The van der Waals surface area contributed by atoms with Crippen LogP contribution in [0.5, 0.6) is 11.5 Å². The van der Waals surface area contributed by atoms with Crippen molar-refractivity contribution in [3.63, 3.8) is 0 Å². The van der Waals surface area contributed by atoms with Crippen LogP contribution in [0.15, 0.2) is 107 Å². The van der Waals surface area contributed by atoms with E-state index in [1.807, 2.05) is 12.4 Å². The van der Waals surface area contributed by atoms with E-state index in [1.165, 1.54) is 55.6 Å². The van der Waals surface area contributed by atoms with E-state index >= 15 is 0 Å². The Bertz CT molecular complexity index is 3240. The highest BCUT2D eigenvalue weighted by Gasteiger charge is 2.30. The number of aromatic hydroxyl groups is 2. The van der Waals surface area contributed by atoms with Crippen LogP contribution < -0.4 is 0 Å². The molecule has 0 aliphatic rings. The minimum absolute atomic E-state index is 0.187. The van der Waals surface area contributed by atoms with E-state index in [0.717, 1.165) is 100 Å². The lowest BCUT2D eigenvalue weighted by molar-refractivity contribution is 0.475. The summed E-state index contributed by atoms with van der Waals surface area (Å²) in [6, 6.07) is 34.1. The molecule has 0 bridgehead atoms. The third-order valence-corrected chi connectivity index (χ3v) is 15.2. The number of aryl methyl sites for hydroxylation is 18. The fraction of sp³-hybridized carbons (Fsp3) is 0.286. The lowest BCUT2D eigenvalue weighted by Crippen LogP contribution is -2.15. The summed E-state index contributed by atoms with van der Waals surface area (Å²) < 4.78 is 0. The Hall–Kier alpha value is -7.30. The van der Waals surface area contributed by atoms with Gasteiger partial charge in [0.15, 0.2) is 0 Å². The van der Waals surface area contributed by atoms with Crippen LogP contribution in [-0.4, -0.2) is 22.6 Å². The average Bonchev–Trinajstić information content (AvgIpc) is 3.26. The summed E-state index contributed by atoms with van der Waals surface area (Å²) in [7, 11) is 0. The van der Waals surface area contributed by atoms with Gasteiger partial charge in [-0.1, -0.05) is 106 Å². The maximum Gasteiger partial charge on any atom is 0.132 e. The first-order chi connectivity index (χ1) is 34.9. The molecule has 2 N–H and O–H groups in total. The third kappa shape index (κ3) is 10.4. The highest BCUT2D eigenvalue weighted by molar-refractivity contribution is 5.96. The quantitative estimate of drug-likeness (QED) is 0.127. The molecule has 378 valence electrons. The summed E-state index contributed by atoms with van der Waals surface area (Å²) in [5.41, 5.74) is 32.1. The van der Waals surface area contributed by atoms with Crippen LogP contribution in [0.4, 0.5) is 0 Å². The number of aliphatic imine (C=N–C) groups is 2. The average molecular weight is 977 g/mol. The van der Waals surface area contributed by atoms with Crippen LogP contribution in [0.1, 0.15) is 134 Å². The fourth-order valence-electron chi connectivity index (χ4n) is 12.9. The van der Waals surface area contributed by atoms with E-state index in [1.54, 1.807) is 0 Å². The van der Waals surface area contributed by atoms with Gasteiger partial charge >= 0.3 is 0 Å². The van der Waals surface area contributed by atoms with E-state index in [9.17, 15) is 10.2 Å². The van der Waals surface area contributed by atoms with Crippen molar-refractivity contribution >= 4 is 12.4 Å². The van der Waals surface area contributed by atoms with Crippen molar-refractivity contribution in [2.45, 2.75) is 137 Å². The highest BCUT2D eigenvalue weighted by Crippen LogP contribution is 2.46. The third-order valence-electron chi connectivity index (χ3n) is 15.2. The number of rotatable bonds is 11. The van der Waals surface area contributed by atoms with Gasteiger partial charge in [0.25, 0.3) is 0 Å². The molecule has 8 aromatic carbocycles. The van der Waals surface area contributed by atoms with Crippen molar-refractivity contribution in [2.75, 3.05) is 0 Å². The summed E-state index contributed by atoms with van der Waals surface area (Å²) >= 11 is 0. The van der Waals surface area contributed by atoms with Crippen molar-refractivity contribution in [2.24, 2.45) is 9.98 Å². The van der Waals surface area contributed by atoms with Crippen LogP contribution in [0.3, 0.4) is 0 Å². The van der Waals surface area contributed by atoms with Crippen molar-refractivity contribution in [1.29, 1.82) is 0 Å². The van der Waals surface area contributed by atoms with Gasteiger partial charge in [0.2, 0.25) is 0 Å². The van der Waals surface area contributed by atoms with Crippen LogP contribution >= 0.6 is 0 Å². The molecule has 0 spiro atoms. The molecule has 8 rings (SSSR count). The smallest absolute Gasteiger partial charge is 0.132 e. The summed E-state index contributed by atoms with van der Waals surface area (Å²) in [4.78, 5) is 11.4. The Balaban J connectivity index is 1.43. The van der Waals surface area contributed by atoms with Gasteiger partial charge in [-0.2, -0.15) is 0 Å². The van der Waals surface area contributed by atoms with Crippen LogP contribution in [0.25, 0.3) is 44.5 Å². The molecule has 74 heavy (non-hydrogen) atoms. The number of hydrogen-bond acceptors (Lipinski definition) is 4. The fourth-order valence-corrected chi connectivity index (χ4v) is 12.9. The second-order valence-electron chi connectivity index (χ2n) is 22.1. The summed E-state index contributed by atoms with van der Waals surface area (Å²) in [5.74, 6) is 0.373. The Morgan fingerprint density at radius 3 is 0.743 bits per heavy atom. The molecule has 0 unspecified atom stereocenters. The summed E-state index contributed by atoms with van der Waals surface area (Å²) in [6.07, 6.45) is 3.79. The van der Waals surface area contributed by atoms with Crippen LogP contribution in [-0.2, 0) is 0 Å². The Morgan fingerprint density at radius 1 is 0.284 bits per heavy atom. The highest BCUT2D eigenvalue weighted by atomic mass is 16.3. The Labute approximate surface area is 442 Å². The van der Waals surface area contributed by atoms with Crippen LogP contribution in [0.2, 0.25) is 0 Å². The largest absolute Gasteiger partial charge is 0.507 e. The molecular formula is C70H76N2O2. The van der Waals surface area contributed by atoms with E-state index in [2.05, 4.69) is 222 Å². The molecule has 4 nitrogen and oxygen atoms in total. The second-order valence-corrected chi connectivity index (χ2v) is 22.1. The van der Waals surface area contributed by atoms with Gasteiger partial charge in [-0.15, -0.1) is 0 Å². The lowest BCUT2D eigenvalue weighted by Gasteiger charge is -2.28. The van der Waals surface area contributed by atoms with Crippen LogP contribution in [0, 0.1) is 125 Å². The zero-order valence-corrected chi connectivity index (χ0v) is 47.3. The monoisotopic (exact) mass is 977 g/mol.